The van der Waals surface area contributed by atoms with Crippen molar-refractivity contribution >= 4 is 17.6 Å². The Morgan fingerprint density at radius 3 is 2.76 bits per heavy atom. The molecule has 0 radical (unpaired) electrons. The van der Waals surface area contributed by atoms with Crippen LogP contribution in [-0.4, -0.2) is 30.4 Å². The zero-order valence-electron chi connectivity index (χ0n) is 9.75. The van der Waals surface area contributed by atoms with Gasteiger partial charge in [-0.15, -0.1) is 0 Å². The predicted molar refractivity (Wildman–Crippen MR) is 64.7 cm³/mol. The molecule has 0 unspecified atom stereocenters. The number of nitrogens with two attached hydrogens (primary N) is 1. The van der Waals surface area contributed by atoms with Crippen molar-refractivity contribution in [3.05, 3.63) is 29.6 Å². The van der Waals surface area contributed by atoms with E-state index < -0.39 is 5.82 Å². The van der Waals surface area contributed by atoms with Crippen LogP contribution < -0.4 is 11.1 Å². The first-order valence-corrected chi connectivity index (χ1v) is 5.11. The van der Waals surface area contributed by atoms with E-state index in [1.807, 2.05) is 6.92 Å². The van der Waals surface area contributed by atoms with Gasteiger partial charge in [-0.25, -0.2) is 9.18 Å². The number of carbonyl (C=O) groups is 1. The quantitative estimate of drug-likeness (QED) is 0.552. The Balaban J connectivity index is 2.98. The number of halogens is 1. The maximum absolute atomic E-state index is 13.0. The second-order valence-corrected chi connectivity index (χ2v) is 3.55. The summed E-state index contributed by atoms with van der Waals surface area (Å²) >= 11 is 0. The van der Waals surface area contributed by atoms with Crippen molar-refractivity contribution in [2.75, 3.05) is 18.9 Å². The Hall–Kier alpha value is -2.11. The third kappa shape index (κ3) is 3.17. The van der Waals surface area contributed by atoms with E-state index in [-0.39, 0.29) is 17.4 Å². The van der Waals surface area contributed by atoms with E-state index in [0.717, 1.165) is 6.07 Å². The van der Waals surface area contributed by atoms with Gasteiger partial charge >= 0.3 is 6.03 Å². The molecule has 0 fully saturated rings. The second-order valence-electron chi connectivity index (χ2n) is 3.55. The summed E-state index contributed by atoms with van der Waals surface area (Å²) < 4.78 is 13.0. The number of rotatable bonds is 3. The molecule has 2 amide bonds. The average Bonchev–Trinajstić information content (AvgIpc) is 2.29. The van der Waals surface area contributed by atoms with Gasteiger partial charge in [-0.1, -0.05) is 0 Å². The summed E-state index contributed by atoms with van der Waals surface area (Å²) in [6.07, 6.45) is 0. The summed E-state index contributed by atoms with van der Waals surface area (Å²) in [6.45, 7) is 2.37. The van der Waals surface area contributed by atoms with Crippen LogP contribution in [0.5, 0.6) is 0 Å². The predicted octanol–water partition coefficient (Wildman–Crippen LogP) is 1.59. The van der Waals surface area contributed by atoms with Crippen molar-refractivity contribution in [2.45, 2.75) is 6.92 Å². The topological polar surface area (TPSA) is 82.2 Å². The van der Waals surface area contributed by atoms with Gasteiger partial charge in [-0.2, -0.15) is 0 Å². The fourth-order valence-electron chi connectivity index (χ4n) is 1.20. The van der Waals surface area contributed by atoms with Crippen LogP contribution in [0.4, 0.5) is 14.9 Å². The number of benzene rings is 1. The highest BCUT2D eigenvalue weighted by atomic mass is 19.1. The van der Waals surface area contributed by atoms with Crippen molar-refractivity contribution in [1.82, 2.24) is 4.90 Å². The van der Waals surface area contributed by atoms with Crippen molar-refractivity contribution in [3.8, 4) is 0 Å². The molecule has 0 saturated heterocycles. The number of nitrogens with one attached hydrogen (secondary N) is 2. The molecule has 0 aliphatic carbocycles. The summed E-state index contributed by atoms with van der Waals surface area (Å²) in [4.78, 5) is 13.1. The Morgan fingerprint density at radius 2 is 2.24 bits per heavy atom. The normalized spacial score (nSPS) is 9.82. The fourth-order valence-corrected chi connectivity index (χ4v) is 1.20. The van der Waals surface area contributed by atoms with Crippen LogP contribution in [-0.2, 0) is 0 Å². The highest BCUT2D eigenvalue weighted by Gasteiger charge is 2.12. The molecule has 5 nitrogen and oxygen atoms in total. The van der Waals surface area contributed by atoms with E-state index >= 15 is 0 Å². The third-order valence-electron chi connectivity index (χ3n) is 2.33. The summed E-state index contributed by atoms with van der Waals surface area (Å²) in [5.41, 5.74) is 5.81. The number of anilines is 1. The molecule has 0 aliphatic heterocycles. The Morgan fingerprint density at radius 1 is 1.59 bits per heavy atom. The lowest BCUT2D eigenvalue weighted by atomic mass is 10.1. The summed E-state index contributed by atoms with van der Waals surface area (Å²) in [7, 11) is 1.63. The lowest BCUT2D eigenvalue weighted by Crippen LogP contribution is -2.31. The van der Waals surface area contributed by atoms with Gasteiger partial charge < -0.3 is 16.0 Å². The highest BCUT2D eigenvalue weighted by Crippen LogP contribution is 2.16. The molecule has 4 N–H and O–H groups in total. The second kappa shape index (κ2) is 5.29. The first kappa shape index (κ1) is 13.0. The number of nitrogen functional groups attached to an aromatic ring is 1. The number of hydrogen-bond acceptors (Lipinski definition) is 2. The van der Waals surface area contributed by atoms with E-state index in [4.69, 9.17) is 11.1 Å². The van der Waals surface area contributed by atoms with Crippen molar-refractivity contribution in [2.24, 2.45) is 5.73 Å². The van der Waals surface area contributed by atoms with Gasteiger partial charge in [0.05, 0.1) is 5.69 Å². The minimum Gasteiger partial charge on any atom is -0.384 e. The standard InChI is InChI=1S/C11H15FN4O/c1-3-16(2)11(17)15-9-5-4-7(12)6-8(9)10(13)14/h4-6H,3H2,1-2H3,(H3,13,14)(H,15,17). The van der Waals surface area contributed by atoms with Gasteiger partial charge in [0, 0.05) is 19.2 Å². The fraction of sp³-hybridized carbons (Fsp3) is 0.273. The van der Waals surface area contributed by atoms with E-state index in [9.17, 15) is 9.18 Å². The molecule has 0 bridgehead atoms. The molecule has 6 heteroatoms. The molecule has 17 heavy (non-hydrogen) atoms. The smallest absolute Gasteiger partial charge is 0.321 e. The maximum atomic E-state index is 13.0. The third-order valence-corrected chi connectivity index (χ3v) is 2.33. The van der Waals surface area contributed by atoms with Crippen LogP contribution in [0, 0.1) is 11.2 Å². The zero-order chi connectivity index (χ0) is 13.0. The molecule has 0 aliphatic rings. The van der Waals surface area contributed by atoms with Crippen LogP contribution in [0.2, 0.25) is 0 Å². The number of urea groups is 1. The number of hydrogen-bond donors (Lipinski definition) is 3. The van der Waals surface area contributed by atoms with Crippen LogP contribution in [0.15, 0.2) is 18.2 Å². The Kier molecular flexibility index (Phi) is 4.03. The minimum absolute atomic E-state index is 0.169. The van der Waals surface area contributed by atoms with Crippen LogP contribution in [0.25, 0.3) is 0 Å². The van der Waals surface area contributed by atoms with Crippen LogP contribution in [0.1, 0.15) is 12.5 Å². The summed E-state index contributed by atoms with van der Waals surface area (Å²) in [5, 5.41) is 9.88. The van der Waals surface area contributed by atoms with E-state index in [1.54, 1.807) is 7.05 Å². The highest BCUT2D eigenvalue weighted by molar-refractivity contribution is 6.03. The van der Waals surface area contributed by atoms with E-state index in [2.05, 4.69) is 5.32 Å². The van der Waals surface area contributed by atoms with Gasteiger partial charge in [0.1, 0.15) is 11.7 Å². The lowest BCUT2D eigenvalue weighted by molar-refractivity contribution is 0.224. The molecule has 0 spiro atoms. The molecule has 0 aromatic heterocycles. The molecule has 1 aromatic rings. The van der Waals surface area contributed by atoms with E-state index in [0.29, 0.717) is 12.2 Å². The van der Waals surface area contributed by atoms with E-state index in [1.165, 1.54) is 17.0 Å². The molecular weight excluding hydrogens is 223 g/mol. The lowest BCUT2D eigenvalue weighted by Gasteiger charge is -2.17. The van der Waals surface area contributed by atoms with Crippen molar-refractivity contribution < 1.29 is 9.18 Å². The molecule has 0 heterocycles. The largest absolute Gasteiger partial charge is 0.384 e. The van der Waals surface area contributed by atoms with Crippen LogP contribution >= 0.6 is 0 Å². The summed E-state index contributed by atoms with van der Waals surface area (Å²) in [6, 6.07) is 3.37. The zero-order valence-corrected chi connectivity index (χ0v) is 9.75. The first-order chi connectivity index (χ1) is 7.95. The molecule has 1 aromatic carbocycles. The Labute approximate surface area is 98.9 Å². The average molecular weight is 238 g/mol. The van der Waals surface area contributed by atoms with Gasteiger partial charge in [0.15, 0.2) is 0 Å². The van der Waals surface area contributed by atoms with Crippen molar-refractivity contribution in [3.63, 3.8) is 0 Å². The maximum Gasteiger partial charge on any atom is 0.321 e. The van der Waals surface area contributed by atoms with Gasteiger partial charge in [0.2, 0.25) is 0 Å². The Bertz CT molecular complexity index is 447. The number of amides is 2. The number of amidine groups is 1. The first-order valence-electron chi connectivity index (χ1n) is 5.11. The summed E-state index contributed by atoms with van der Waals surface area (Å²) in [5.74, 6) is -0.795. The molecule has 0 saturated carbocycles. The molecular formula is C11H15FN4O. The molecule has 92 valence electrons. The van der Waals surface area contributed by atoms with Gasteiger partial charge in [-0.05, 0) is 25.1 Å². The SMILES string of the molecule is CCN(C)C(=O)Nc1ccc(F)cc1C(=N)N. The molecule has 1 rings (SSSR count). The minimum atomic E-state index is -0.503. The monoisotopic (exact) mass is 238 g/mol. The van der Waals surface area contributed by atoms with Crippen molar-refractivity contribution in [1.29, 1.82) is 5.41 Å². The number of nitrogens with zero attached hydrogens (tertiary/aromatic N) is 1. The molecule has 0 atom stereocenters. The van der Waals surface area contributed by atoms with Crippen LogP contribution in [0.3, 0.4) is 0 Å². The number of carbonyl (C=O) groups excluding carboxylic acids is 1. The van der Waals surface area contributed by atoms with Gasteiger partial charge in [0.25, 0.3) is 0 Å². The van der Waals surface area contributed by atoms with Gasteiger partial charge in [-0.3, -0.25) is 5.41 Å².